The Hall–Kier alpha value is -1.18. The Labute approximate surface area is 238 Å². The minimum atomic E-state index is -0.560. The maximum absolute atomic E-state index is 12.3. The fraction of sp³-hybridized carbons (Fsp3) is 0.833. The van der Waals surface area contributed by atoms with E-state index in [9.17, 15) is 9.59 Å². The second kappa shape index (κ2) is 32.0. The first kappa shape index (κ1) is 36.8. The molecule has 38 heavy (non-hydrogen) atoms. The van der Waals surface area contributed by atoms with Gasteiger partial charge in [0.1, 0.15) is 0 Å². The lowest BCUT2D eigenvalue weighted by atomic mass is 9.97. The molecule has 1 unspecified atom stereocenters. The van der Waals surface area contributed by atoms with Crippen molar-refractivity contribution < 1.29 is 9.59 Å². The molecule has 0 aliphatic rings. The molecule has 0 rings (SSSR count). The second-order valence-corrected chi connectivity index (χ2v) is 11.5. The third kappa shape index (κ3) is 27.8. The molecule has 0 amide bonds. The Balaban J connectivity index is 3.54. The SMILES string of the molecule is CCCCCCCC/C=C\CCCCCCC([C]=O)C(=O)C=CCCCCCCCCCCCCCCC. The molecule has 0 aliphatic carbocycles. The number of unbranched alkanes of at least 4 members (excludes halogenated alkanes) is 23. The van der Waals surface area contributed by atoms with Crippen LogP contribution in [0.2, 0.25) is 0 Å². The summed E-state index contributed by atoms with van der Waals surface area (Å²) in [6, 6.07) is 0. The molecule has 0 bridgehead atoms. The molecule has 0 fully saturated rings. The largest absolute Gasteiger partial charge is 0.294 e. The zero-order valence-corrected chi connectivity index (χ0v) is 25.8. The van der Waals surface area contributed by atoms with E-state index in [1.165, 1.54) is 135 Å². The lowest BCUT2D eigenvalue weighted by molar-refractivity contribution is -0.116. The van der Waals surface area contributed by atoms with E-state index in [0.29, 0.717) is 6.42 Å². The van der Waals surface area contributed by atoms with Crippen molar-refractivity contribution >= 4 is 12.1 Å². The minimum Gasteiger partial charge on any atom is -0.294 e. The van der Waals surface area contributed by atoms with Crippen molar-refractivity contribution in [3.05, 3.63) is 24.3 Å². The quantitative estimate of drug-likeness (QED) is 0.0387. The minimum absolute atomic E-state index is 0.0488. The molecule has 1 radical (unpaired) electrons. The van der Waals surface area contributed by atoms with Gasteiger partial charge in [0.2, 0.25) is 6.29 Å². The van der Waals surface area contributed by atoms with Crippen LogP contribution >= 0.6 is 0 Å². The fourth-order valence-electron chi connectivity index (χ4n) is 5.10. The van der Waals surface area contributed by atoms with Crippen LogP contribution in [0.1, 0.15) is 187 Å². The Kier molecular flexibility index (Phi) is 31.0. The zero-order valence-electron chi connectivity index (χ0n) is 25.8. The van der Waals surface area contributed by atoms with Gasteiger partial charge in [-0.15, -0.1) is 0 Å². The van der Waals surface area contributed by atoms with Crippen LogP contribution in [0.25, 0.3) is 0 Å². The van der Waals surface area contributed by atoms with Crippen molar-refractivity contribution in [3.8, 4) is 0 Å². The highest BCUT2D eigenvalue weighted by Crippen LogP contribution is 2.15. The number of hydrogen-bond donors (Lipinski definition) is 0. The predicted octanol–water partition coefficient (Wildman–Crippen LogP) is 12.0. The molecule has 0 N–H and O–H groups in total. The fourth-order valence-corrected chi connectivity index (χ4v) is 5.10. The summed E-state index contributed by atoms with van der Waals surface area (Å²) >= 11 is 0. The number of carbonyl (C=O) groups is 1. The van der Waals surface area contributed by atoms with Gasteiger partial charge in [-0.2, -0.15) is 0 Å². The monoisotopic (exact) mass is 529 g/mol. The Morgan fingerprint density at radius 3 is 1.24 bits per heavy atom. The van der Waals surface area contributed by atoms with Gasteiger partial charge in [0.15, 0.2) is 5.78 Å². The summed E-state index contributed by atoms with van der Waals surface area (Å²) in [5.74, 6) is -0.609. The summed E-state index contributed by atoms with van der Waals surface area (Å²) in [5.41, 5.74) is 0. The van der Waals surface area contributed by atoms with Crippen molar-refractivity contribution in [3.63, 3.8) is 0 Å². The molecule has 2 nitrogen and oxygen atoms in total. The first-order valence-corrected chi connectivity index (χ1v) is 17.0. The van der Waals surface area contributed by atoms with Crippen molar-refractivity contribution in [2.75, 3.05) is 0 Å². The van der Waals surface area contributed by atoms with Crippen LogP contribution in [0.3, 0.4) is 0 Å². The Morgan fingerprint density at radius 1 is 0.500 bits per heavy atom. The maximum Gasteiger partial charge on any atom is 0.209 e. The van der Waals surface area contributed by atoms with Crippen LogP contribution in [0.4, 0.5) is 0 Å². The van der Waals surface area contributed by atoms with Crippen molar-refractivity contribution in [1.82, 2.24) is 0 Å². The highest BCUT2D eigenvalue weighted by atomic mass is 16.1. The molecule has 0 saturated heterocycles. The van der Waals surface area contributed by atoms with E-state index in [0.717, 1.165) is 32.1 Å². The van der Waals surface area contributed by atoms with Crippen LogP contribution in [0.5, 0.6) is 0 Å². The van der Waals surface area contributed by atoms with Gasteiger partial charge < -0.3 is 0 Å². The summed E-state index contributed by atoms with van der Waals surface area (Å²) in [6.45, 7) is 4.54. The zero-order chi connectivity index (χ0) is 27.8. The molecule has 0 aromatic heterocycles. The molecular weight excluding hydrogens is 464 g/mol. The van der Waals surface area contributed by atoms with E-state index in [-0.39, 0.29) is 5.78 Å². The molecule has 0 spiro atoms. The number of hydrogen-bond acceptors (Lipinski definition) is 2. The number of allylic oxidation sites excluding steroid dienone is 4. The normalized spacial score (nSPS) is 12.6. The third-order valence-corrected chi connectivity index (χ3v) is 7.75. The molecule has 0 saturated carbocycles. The van der Waals surface area contributed by atoms with Gasteiger partial charge in [0.05, 0.1) is 5.92 Å². The number of rotatable bonds is 31. The van der Waals surface area contributed by atoms with Crippen molar-refractivity contribution in [2.45, 2.75) is 187 Å². The first-order chi connectivity index (χ1) is 18.8. The standard InChI is InChI=1S/C36H65O2/c1-3-5-7-9-11-13-15-17-19-21-23-25-27-29-31-33-36(38)35(34-37)32-30-28-26-24-22-20-18-16-14-12-10-8-6-4-2/h18,20,31,33,35H,3-17,19,21-30,32H2,1-2H3/b20-18-,33-31?. The molecule has 221 valence electrons. The van der Waals surface area contributed by atoms with Crippen molar-refractivity contribution in [1.29, 1.82) is 0 Å². The van der Waals surface area contributed by atoms with Gasteiger partial charge >= 0.3 is 0 Å². The third-order valence-electron chi connectivity index (χ3n) is 7.75. The van der Waals surface area contributed by atoms with Crippen LogP contribution < -0.4 is 0 Å². The molecule has 0 aromatic rings. The Morgan fingerprint density at radius 2 is 0.842 bits per heavy atom. The van der Waals surface area contributed by atoms with E-state index in [4.69, 9.17) is 0 Å². The Bertz CT molecular complexity index is 548. The molecule has 0 heterocycles. The summed E-state index contributed by atoms with van der Waals surface area (Å²) < 4.78 is 0. The average Bonchev–Trinajstić information content (AvgIpc) is 2.93. The molecule has 2 heteroatoms. The van der Waals surface area contributed by atoms with E-state index >= 15 is 0 Å². The van der Waals surface area contributed by atoms with Gasteiger partial charge in [-0.3, -0.25) is 9.59 Å². The van der Waals surface area contributed by atoms with Gasteiger partial charge in [0.25, 0.3) is 0 Å². The molecule has 1 atom stereocenters. The average molecular weight is 530 g/mol. The van der Waals surface area contributed by atoms with E-state index in [1.807, 2.05) is 12.4 Å². The second-order valence-electron chi connectivity index (χ2n) is 11.5. The molecular formula is C36H65O2. The highest BCUT2D eigenvalue weighted by molar-refractivity contribution is 6.00. The lowest BCUT2D eigenvalue weighted by Crippen LogP contribution is -2.13. The van der Waals surface area contributed by atoms with Gasteiger partial charge in [-0.05, 0) is 51.0 Å². The molecule has 0 aliphatic heterocycles. The van der Waals surface area contributed by atoms with Crippen LogP contribution in [-0.4, -0.2) is 12.1 Å². The number of carbonyl (C=O) groups excluding carboxylic acids is 2. The first-order valence-electron chi connectivity index (χ1n) is 17.0. The smallest absolute Gasteiger partial charge is 0.209 e. The van der Waals surface area contributed by atoms with E-state index < -0.39 is 5.92 Å². The van der Waals surface area contributed by atoms with Crippen molar-refractivity contribution in [2.24, 2.45) is 5.92 Å². The number of ketones is 1. The van der Waals surface area contributed by atoms with Gasteiger partial charge in [-0.25, -0.2) is 0 Å². The summed E-state index contributed by atoms with van der Waals surface area (Å²) in [7, 11) is 0. The van der Waals surface area contributed by atoms with Gasteiger partial charge in [-0.1, -0.05) is 160 Å². The summed E-state index contributed by atoms with van der Waals surface area (Å²) in [4.78, 5) is 23.6. The lowest BCUT2D eigenvalue weighted by Gasteiger charge is -2.05. The summed E-state index contributed by atoms with van der Waals surface area (Å²) in [6.07, 6.45) is 44.5. The topological polar surface area (TPSA) is 34.1 Å². The van der Waals surface area contributed by atoms with Gasteiger partial charge in [0, 0.05) is 0 Å². The van der Waals surface area contributed by atoms with Crippen LogP contribution in [0, 0.1) is 5.92 Å². The van der Waals surface area contributed by atoms with E-state index in [1.54, 1.807) is 6.08 Å². The van der Waals surface area contributed by atoms with Crippen LogP contribution in [0.15, 0.2) is 24.3 Å². The predicted molar refractivity (Wildman–Crippen MR) is 168 cm³/mol. The van der Waals surface area contributed by atoms with Crippen LogP contribution in [-0.2, 0) is 9.59 Å². The van der Waals surface area contributed by atoms with E-state index in [2.05, 4.69) is 26.0 Å². The maximum atomic E-state index is 12.3. The summed E-state index contributed by atoms with van der Waals surface area (Å²) in [5, 5.41) is 0. The highest BCUT2D eigenvalue weighted by Gasteiger charge is 2.15. The molecule has 0 aromatic carbocycles.